The zero-order valence-corrected chi connectivity index (χ0v) is 30.9. The Hall–Kier alpha value is -5.66. The topological polar surface area (TPSA) is 3.24 Å². The predicted molar refractivity (Wildman–Crippen MR) is 225 cm³/mol. The Bertz CT molecular complexity index is 2620. The Morgan fingerprint density at radius 2 is 0.981 bits per heavy atom. The fraction of sp³-hybridized carbons (Fsp3) is 0.176. The van der Waals surface area contributed by atoms with Gasteiger partial charge in [0.25, 0.3) is 0 Å². The molecule has 52 heavy (non-hydrogen) atoms. The van der Waals surface area contributed by atoms with Gasteiger partial charge in [-0.15, -0.1) is 0 Å². The minimum Gasteiger partial charge on any atom is -0.310 e. The van der Waals surface area contributed by atoms with Crippen molar-refractivity contribution in [2.24, 2.45) is 0 Å². The van der Waals surface area contributed by atoms with Crippen molar-refractivity contribution in [3.05, 3.63) is 174 Å². The van der Waals surface area contributed by atoms with Gasteiger partial charge in [-0.25, -0.2) is 0 Å². The number of fused-ring (bicyclic) bond motifs is 5. The summed E-state index contributed by atoms with van der Waals surface area (Å²) >= 11 is 0. The second-order valence-electron chi connectivity index (χ2n) is 16.1. The second-order valence-corrected chi connectivity index (χ2v) is 16.1. The lowest BCUT2D eigenvalue weighted by Crippen LogP contribution is -2.35. The molecule has 0 amide bonds. The van der Waals surface area contributed by atoms with Gasteiger partial charge in [0.1, 0.15) is 0 Å². The fourth-order valence-corrected chi connectivity index (χ4v) is 8.87. The molecule has 0 aliphatic heterocycles. The van der Waals surface area contributed by atoms with E-state index in [-0.39, 0.29) is 10.8 Å². The molecule has 1 heteroatoms. The highest BCUT2D eigenvalue weighted by Crippen LogP contribution is 2.53. The molecule has 0 bridgehead atoms. The lowest BCUT2D eigenvalue weighted by atomic mass is 9.62. The van der Waals surface area contributed by atoms with Crippen LogP contribution in [0.25, 0.3) is 54.6 Å². The van der Waals surface area contributed by atoms with Gasteiger partial charge in [0.05, 0.1) is 5.69 Å². The minimum absolute atomic E-state index is 0.0390. The van der Waals surface area contributed by atoms with Gasteiger partial charge >= 0.3 is 0 Å². The average molecular weight is 672 g/mol. The molecule has 8 aromatic rings. The third-order valence-corrected chi connectivity index (χ3v) is 11.8. The van der Waals surface area contributed by atoms with E-state index in [0.717, 1.165) is 6.42 Å². The molecule has 1 aliphatic carbocycles. The fourth-order valence-electron chi connectivity index (χ4n) is 8.87. The molecule has 1 aliphatic rings. The summed E-state index contributed by atoms with van der Waals surface area (Å²) in [6.45, 7) is 12.0. The number of nitrogens with zero attached hydrogens (tertiary/aromatic N) is 1. The minimum atomic E-state index is 0.0390. The summed E-state index contributed by atoms with van der Waals surface area (Å²) in [5.74, 6) is 0. The molecule has 0 radical (unpaired) electrons. The molecular formula is C51H45N. The van der Waals surface area contributed by atoms with Crippen LogP contribution in [0.15, 0.2) is 158 Å². The smallest absolute Gasteiger partial charge is 0.0531 e. The van der Waals surface area contributed by atoms with Gasteiger partial charge in [0.15, 0.2) is 0 Å². The zero-order chi connectivity index (χ0) is 35.6. The Labute approximate surface area is 308 Å². The van der Waals surface area contributed by atoms with Crippen molar-refractivity contribution in [2.45, 2.75) is 58.3 Å². The van der Waals surface area contributed by atoms with Crippen LogP contribution in [0, 0.1) is 6.92 Å². The first-order valence-corrected chi connectivity index (χ1v) is 18.7. The Morgan fingerprint density at radius 3 is 1.67 bits per heavy atom. The van der Waals surface area contributed by atoms with Gasteiger partial charge in [0.2, 0.25) is 0 Å². The lowest BCUT2D eigenvalue weighted by molar-refractivity contribution is 0.332. The molecule has 0 heterocycles. The summed E-state index contributed by atoms with van der Waals surface area (Å²) in [4.78, 5) is 2.53. The maximum absolute atomic E-state index is 2.53. The molecule has 1 nitrogen and oxygen atoms in total. The van der Waals surface area contributed by atoms with Gasteiger partial charge in [-0.05, 0) is 132 Å². The van der Waals surface area contributed by atoms with Gasteiger partial charge in [-0.1, -0.05) is 155 Å². The van der Waals surface area contributed by atoms with Crippen LogP contribution in [0.4, 0.5) is 17.1 Å². The predicted octanol–water partition coefficient (Wildman–Crippen LogP) is 14.6. The molecule has 0 aromatic heterocycles. The van der Waals surface area contributed by atoms with E-state index in [0.29, 0.717) is 0 Å². The van der Waals surface area contributed by atoms with Gasteiger partial charge in [-0.3, -0.25) is 0 Å². The maximum atomic E-state index is 2.53. The van der Waals surface area contributed by atoms with E-state index in [4.69, 9.17) is 0 Å². The van der Waals surface area contributed by atoms with Crippen molar-refractivity contribution in [1.82, 2.24) is 0 Å². The molecule has 0 N–H and O–H groups in total. The number of aryl methyl sites for hydroxylation is 1. The van der Waals surface area contributed by atoms with Crippen LogP contribution >= 0.6 is 0 Å². The van der Waals surface area contributed by atoms with Crippen molar-refractivity contribution in [2.75, 3.05) is 4.90 Å². The van der Waals surface area contributed by atoms with Crippen LogP contribution in [0.1, 0.15) is 57.2 Å². The van der Waals surface area contributed by atoms with Gasteiger partial charge in [0, 0.05) is 11.4 Å². The van der Waals surface area contributed by atoms with Crippen molar-refractivity contribution in [1.29, 1.82) is 0 Å². The van der Waals surface area contributed by atoms with E-state index in [1.54, 1.807) is 0 Å². The van der Waals surface area contributed by atoms with E-state index in [2.05, 4.69) is 197 Å². The van der Waals surface area contributed by atoms with Crippen LogP contribution in [0.3, 0.4) is 0 Å². The SMILES string of the molecule is Cc1ccc2c(c1N(c1ccc(-c3cccc4ccccc34)cc1)c1ccc(-c3cc4ccccc4c4ccccc34)cc1)C(C)(C)CCC2(C)C. The second kappa shape index (κ2) is 12.2. The van der Waals surface area contributed by atoms with E-state index >= 15 is 0 Å². The maximum Gasteiger partial charge on any atom is 0.0531 e. The molecule has 0 unspecified atom stereocenters. The molecule has 0 spiro atoms. The van der Waals surface area contributed by atoms with E-state index < -0.39 is 0 Å². The number of rotatable bonds is 5. The van der Waals surface area contributed by atoms with Gasteiger partial charge in [-0.2, -0.15) is 0 Å². The summed E-state index contributed by atoms with van der Waals surface area (Å²) in [6.07, 6.45) is 2.34. The number of hydrogen-bond donors (Lipinski definition) is 0. The van der Waals surface area contributed by atoms with Crippen LogP contribution in [0.2, 0.25) is 0 Å². The van der Waals surface area contributed by atoms with Crippen LogP contribution in [-0.4, -0.2) is 0 Å². The molecule has 254 valence electrons. The monoisotopic (exact) mass is 671 g/mol. The summed E-state index contributed by atoms with van der Waals surface area (Å²) in [5, 5.41) is 7.69. The van der Waals surface area contributed by atoms with Crippen molar-refractivity contribution < 1.29 is 0 Å². The highest BCUT2D eigenvalue weighted by atomic mass is 15.1. The van der Waals surface area contributed by atoms with Crippen molar-refractivity contribution >= 4 is 49.4 Å². The summed E-state index contributed by atoms with van der Waals surface area (Å²) in [5.41, 5.74) is 13.0. The number of benzene rings is 8. The first-order chi connectivity index (χ1) is 25.2. The highest BCUT2D eigenvalue weighted by Gasteiger charge is 2.40. The van der Waals surface area contributed by atoms with E-state index in [9.17, 15) is 0 Å². The third kappa shape index (κ3) is 5.30. The van der Waals surface area contributed by atoms with Gasteiger partial charge < -0.3 is 4.90 Å². The number of hydrogen-bond acceptors (Lipinski definition) is 1. The highest BCUT2D eigenvalue weighted by molar-refractivity contribution is 6.13. The Balaban J connectivity index is 1.23. The van der Waals surface area contributed by atoms with Crippen LogP contribution in [0.5, 0.6) is 0 Å². The summed E-state index contributed by atoms with van der Waals surface area (Å²) < 4.78 is 0. The molecule has 0 atom stereocenters. The first kappa shape index (κ1) is 32.3. The molecule has 9 rings (SSSR count). The largest absolute Gasteiger partial charge is 0.310 e. The quantitative estimate of drug-likeness (QED) is 0.165. The summed E-state index contributed by atoms with van der Waals surface area (Å²) in [7, 11) is 0. The Kier molecular flexibility index (Phi) is 7.59. The molecule has 0 saturated carbocycles. The van der Waals surface area contributed by atoms with Crippen LogP contribution in [-0.2, 0) is 10.8 Å². The third-order valence-electron chi connectivity index (χ3n) is 11.8. The molecule has 0 fully saturated rings. The standard InChI is InChI=1S/C51H45N/c1-34-21-30-47-48(51(4,5)32-31-50(47,2)3)49(34)52(39-26-22-36(23-27-39)42-20-12-15-35-13-6-8-16-41(35)42)40-28-24-37(25-29-40)46-33-38-14-7-9-17-43(38)44-18-10-11-19-45(44)46/h6-30,33H,31-32H2,1-5H3. The lowest BCUT2D eigenvalue weighted by Gasteiger charge is -2.45. The molecule has 0 saturated heterocycles. The number of anilines is 3. The first-order valence-electron chi connectivity index (χ1n) is 18.7. The molecular weight excluding hydrogens is 627 g/mol. The summed E-state index contributed by atoms with van der Waals surface area (Å²) in [6, 6.07) is 58.5. The normalized spacial score (nSPS) is 14.8. The van der Waals surface area contributed by atoms with E-state index in [1.807, 2.05) is 0 Å². The van der Waals surface area contributed by atoms with Crippen molar-refractivity contribution in [3.8, 4) is 22.3 Å². The van der Waals surface area contributed by atoms with E-state index in [1.165, 1.54) is 94.7 Å². The van der Waals surface area contributed by atoms with Crippen molar-refractivity contribution in [3.63, 3.8) is 0 Å². The average Bonchev–Trinajstić information content (AvgIpc) is 3.17. The zero-order valence-electron chi connectivity index (χ0n) is 30.9. The Morgan fingerprint density at radius 1 is 0.442 bits per heavy atom. The molecule has 8 aromatic carbocycles. The van der Waals surface area contributed by atoms with Crippen LogP contribution < -0.4 is 4.90 Å².